The van der Waals surface area contributed by atoms with Gasteiger partial charge in [0.1, 0.15) is 5.82 Å². The third-order valence-electron chi connectivity index (χ3n) is 4.16. The number of aromatic nitrogens is 3. The van der Waals surface area contributed by atoms with E-state index >= 15 is 0 Å². The second-order valence-corrected chi connectivity index (χ2v) is 6.41. The van der Waals surface area contributed by atoms with Gasteiger partial charge in [-0.3, -0.25) is 5.10 Å². The Morgan fingerprint density at radius 2 is 1.96 bits per heavy atom. The van der Waals surface area contributed by atoms with Crippen LogP contribution in [0.1, 0.15) is 20.3 Å². The normalized spacial score (nSPS) is 12.1. The number of halogens is 1. The van der Waals surface area contributed by atoms with E-state index in [-0.39, 0.29) is 0 Å². The lowest BCUT2D eigenvalue weighted by atomic mass is 10.0. The number of rotatable bonds is 6. The van der Waals surface area contributed by atoms with Crippen molar-refractivity contribution in [2.75, 3.05) is 11.9 Å². The summed E-state index contributed by atoms with van der Waals surface area (Å²) in [6.45, 7) is 5.34. The van der Waals surface area contributed by atoms with Crippen LogP contribution in [0.5, 0.6) is 0 Å². The number of H-pyrrole nitrogens is 1. The third kappa shape index (κ3) is 3.77. The quantitative estimate of drug-likeness (QED) is 0.644. The minimum atomic E-state index is 0.619. The molecule has 0 spiro atoms. The lowest BCUT2D eigenvalue weighted by Gasteiger charge is -2.11. The van der Waals surface area contributed by atoms with Gasteiger partial charge >= 0.3 is 0 Å². The van der Waals surface area contributed by atoms with E-state index in [1.807, 2.05) is 42.7 Å². The van der Waals surface area contributed by atoms with Crippen molar-refractivity contribution in [1.29, 1.82) is 0 Å². The molecule has 5 heteroatoms. The number of nitrogens with one attached hydrogen (secondary N) is 2. The molecule has 0 aliphatic heterocycles. The summed E-state index contributed by atoms with van der Waals surface area (Å²) in [5.41, 5.74) is 4.06. The van der Waals surface area contributed by atoms with Crippen molar-refractivity contribution in [2.24, 2.45) is 5.92 Å². The van der Waals surface area contributed by atoms with Gasteiger partial charge in [0, 0.05) is 35.1 Å². The van der Waals surface area contributed by atoms with Crippen molar-refractivity contribution < 1.29 is 0 Å². The van der Waals surface area contributed by atoms with Crippen LogP contribution in [0.4, 0.5) is 5.82 Å². The highest BCUT2D eigenvalue weighted by Crippen LogP contribution is 2.31. The van der Waals surface area contributed by atoms with Gasteiger partial charge in [0.25, 0.3) is 0 Å². The van der Waals surface area contributed by atoms with Crippen LogP contribution in [0.15, 0.2) is 48.8 Å². The Hall–Kier alpha value is -2.33. The number of pyridine rings is 1. The molecule has 24 heavy (non-hydrogen) atoms. The average Bonchev–Trinajstić information content (AvgIpc) is 3.10. The smallest absolute Gasteiger partial charge is 0.126 e. The zero-order valence-electron chi connectivity index (χ0n) is 13.9. The number of anilines is 1. The summed E-state index contributed by atoms with van der Waals surface area (Å²) < 4.78 is 0. The summed E-state index contributed by atoms with van der Waals surface area (Å²) >= 11 is 5.98. The van der Waals surface area contributed by atoms with E-state index < -0.39 is 0 Å². The van der Waals surface area contributed by atoms with Crippen LogP contribution in [0.2, 0.25) is 5.02 Å². The Morgan fingerprint density at radius 1 is 1.17 bits per heavy atom. The molecule has 3 rings (SSSR count). The first-order valence-electron chi connectivity index (χ1n) is 8.17. The minimum Gasteiger partial charge on any atom is -0.370 e. The van der Waals surface area contributed by atoms with Crippen molar-refractivity contribution >= 4 is 17.4 Å². The number of nitrogens with zero attached hydrogens (tertiary/aromatic N) is 2. The summed E-state index contributed by atoms with van der Waals surface area (Å²) in [5.74, 6) is 1.50. The van der Waals surface area contributed by atoms with Crippen LogP contribution < -0.4 is 5.32 Å². The number of benzene rings is 1. The molecule has 0 unspecified atom stereocenters. The average molecular weight is 341 g/mol. The molecule has 1 aromatic carbocycles. The highest BCUT2D eigenvalue weighted by atomic mass is 35.5. The molecule has 2 heterocycles. The highest BCUT2D eigenvalue weighted by Gasteiger charge is 2.11. The maximum absolute atomic E-state index is 5.98. The Kier molecular flexibility index (Phi) is 5.16. The van der Waals surface area contributed by atoms with Crippen molar-refractivity contribution in [3.63, 3.8) is 0 Å². The fraction of sp³-hybridized carbons (Fsp3) is 0.263. The Balaban J connectivity index is 1.87. The van der Waals surface area contributed by atoms with E-state index in [2.05, 4.69) is 40.4 Å². The summed E-state index contributed by atoms with van der Waals surface area (Å²) in [6.07, 6.45) is 4.89. The molecule has 0 amide bonds. The molecule has 4 nitrogen and oxygen atoms in total. The number of hydrogen-bond acceptors (Lipinski definition) is 3. The van der Waals surface area contributed by atoms with Gasteiger partial charge in [-0.2, -0.15) is 5.10 Å². The topological polar surface area (TPSA) is 53.6 Å². The third-order valence-corrected chi connectivity index (χ3v) is 4.41. The van der Waals surface area contributed by atoms with Gasteiger partial charge in [0.2, 0.25) is 0 Å². The Labute approximate surface area is 147 Å². The van der Waals surface area contributed by atoms with E-state index in [9.17, 15) is 0 Å². The van der Waals surface area contributed by atoms with Gasteiger partial charge in [0.15, 0.2) is 0 Å². The Morgan fingerprint density at radius 3 is 2.71 bits per heavy atom. The first-order chi connectivity index (χ1) is 11.7. The lowest BCUT2D eigenvalue weighted by Crippen LogP contribution is -2.11. The minimum absolute atomic E-state index is 0.619. The highest BCUT2D eigenvalue weighted by molar-refractivity contribution is 6.30. The molecule has 0 radical (unpaired) electrons. The predicted molar refractivity (Wildman–Crippen MR) is 100 cm³/mol. The van der Waals surface area contributed by atoms with Crippen molar-refractivity contribution in [2.45, 2.75) is 20.3 Å². The molecular formula is C19H21ClN4. The van der Waals surface area contributed by atoms with Gasteiger partial charge in [-0.15, -0.1) is 0 Å². The maximum atomic E-state index is 5.98. The number of hydrogen-bond donors (Lipinski definition) is 2. The zero-order valence-corrected chi connectivity index (χ0v) is 14.6. The molecule has 0 fully saturated rings. The van der Waals surface area contributed by atoms with Crippen molar-refractivity contribution in [3.05, 3.63) is 53.8 Å². The van der Waals surface area contributed by atoms with E-state index in [1.165, 1.54) is 0 Å². The molecule has 2 N–H and O–H groups in total. The largest absolute Gasteiger partial charge is 0.370 e. The van der Waals surface area contributed by atoms with Gasteiger partial charge in [-0.1, -0.05) is 44.0 Å². The Bertz CT molecular complexity index is 795. The molecule has 0 aliphatic carbocycles. The van der Waals surface area contributed by atoms with Gasteiger partial charge < -0.3 is 5.32 Å². The summed E-state index contributed by atoms with van der Waals surface area (Å²) in [6, 6.07) is 11.8. The molecule has 0 bridgehead atoms. The fourth-order valence-electron chi connectivity index (χ4n) is 2.46. The van der Waals surface area contributed by atoms with E-state index in [1.54, 1.807) is 0 Å². The molecule has 0 aliphatic rings. The summed E-state index contributed by atoms with van der Waals surface area (Å²) in [7, 11) is 0. The summed E-state index contributed by atoms with van der Waals surface area (Å²) in [4.78, 5) is 4.41. The molecule has 0 saturated carbocycles. The molecular weight excluding hydrogens is 320 g/mol. The van der Waals surface area contributed by atoms with Crippen LogP contribution in [0.25, 0.3) is 22.4 Å². The van der Waals surface area contributed by atoms with Crippen LogP contribution in [-0.2, 0) is 0 Å². The summed E-state index contributed by atoms with van der Waals surface area (Å²) in [5, 5.41) is 11.5. The SMILES string of the molecule is CC[C@H](C)CNc1cc(-c2c[nH]nc2-c2ccc(Cl)cc2)ccn1. The predicted octanol–water partition coefficient (Wildman–Crippen LogP) is 5.25. The lowest BCUT2D eigenvalue weighted by molar-refractivity contribution is 0.592. The second-order valence-electron chi connectivity index (χ2n) is 5.98. The van der Waals surface area contributed by atoms with Gasteiger partial charge in [-0.25, -0.2) is 4.98 Å². The van der Waals surface area contributed by atoms with Crippen LogP contribution in [0, 0.1) is 5.92 Å². The maximum Gasteiger partial charge on any atom is 0.126 e. The zero-order chi connectivity index (χ0) is 16.9. The van der Waals surface area contributed by atoms with Gasteiger partial charge in [0.05, 0.1) is 5.69 Å². The first kappa shape index (κ1) is 16.5. The van der Waals surface area contributed by atoms with Gasteiger partial charge in [-0.05, 0) is 35.7 Å². The van der Waals surface area contributed by atoms with E-state index in [4.69, 9.17) is 11.6 Å². The molecule has 3 aromatic rings. The molecule has 124 valence electrons. The van der Waals surface area contributed by atoms with Crippen LogP contribution in [0.3, 0.4) is 0 Å². The number of aromatic amines is 1. The van der Waals surface area contributed by atoms with Crippen molar-refractivity contribution in [3.8, 4) is 22.4 Å². The molecule has 0 saturated heterocycles. The fourth-order valence-corrected chi connectivity index (χ4v) is 2.58. The van der Waals surface area contributed by atoms with Crippen LogP contribution in [-0.4, -0.2) is 21.7 Å². The van der Waals surface area contributed by atoms with Crippen molar-refractivity contribution in [1.82, 2.24) is 15.2 Å². The first-order valence-corrected chi connectivity index (χ1v) is 8.55. The van der Waals surface area contributed by atoms with E-state index in [0.717, 1.165) is 46.2 Å². The van der Waals surface area contributed by atoms with Crippen LogP contribution >= 0.6 is 11.6 Å². The monoisotopic (exact) mass is 340 g/mol. The molecule has 1 atom stereocenters. The standard InChI is InChI=1S/C19H21ClN4/c1-3-13(2)11-22-18-10-15(8-9-21-18)17-12-23-24-19(17)14-4-6-16(20)7-5-14/h4-10,12-13H,3,11H2,1-2H3,(H,21,22)(H,23,24)/t13-/m0/s1. The van der Waals surface area contributed by atoms with E-state index in [0.29, 0.717) is 5.92 Å². The second kappa shape index (κ2) is 7.49. The molecule has 2 aromatic heterocycles.